The third-order valence-corrected chi connectivity index (χ3v) is 5.54. The number of hydrogen-bond donors (Lipinski definition) is 1. The first kappa shape index (κ1) is 17.5. The second kappa shape index (κ2) is 7.70. The molecule has 0 spiro atoms. The maximum Gasteiger partial charge on any atom is 0.341 e. The molecule has 0 saturated heterocycles. The lowest BCUT2D eigenvalue weighted by Gasteiger charge is -2.11. The number of aryl methyl sites for hydroxylation is 1. The maximum absolute atomic E-state index is 12.4. The quantitative estimate of drug-likeness (QED) is 0.829. The second-order valence-corrected chi connectivity index (χ2v) is 7.08. The molecule has 1 heterocycles. The Labute approximate surface area is 151 Å². The number of ether oxygens (including phenoxy) is 2. The fourth-order valence-corrected chi connectivity index (χ4v) is 4.37. The van der Waals surface area contributed by atoms with Crippen LogP contribution in [0.1, 0.15) is 39.2 Å². The van der Waals surface area contributed by atoms with Crippen LogP contribution in [-0.2, 0) is 28.8 Å². The highest BCUT2D eigenvalue weighted by Crippen LogP contribution is 2.38. The third kappa shape index (κ3) is 3.85. The van der Waals surface area contributed by atoms with Crippen LogP contribution in [0.5, 0.6) is 5.75 Å². The number of esters is 1. The molecule has 1 aromatic heterocycles. The van der Waals surface area contributed by atoms with Gasteiger partial charge in [-0.3, -0.25) is 4.79 Å². The Morgan fingerprint density at radius 2 is 1.84 bits per heavy atom. The minimum atomic E-state index is -0.376. The summed E-state index contributed by atoms with van der Waals surface area (Å²) in [6.07, 6.45) is 4.25. The van der Waals surface area contributed by atoms with Gasteiger partial charge in [0.2, 0.25) is 5.91 Å². The Bertz CT molecular complexity index is 779. The highest BCUT2D eigenvalue weighted by molar-refractivity contribution is 7.17. The normalized spacial score (nSPS) is 13.0. The summed E-state index contributed by atoms with van der Waals surface area (Å²) in [6, 6.07) is 7.37. The Hall–Kier alpha value is -2.34. The van der Waals surface area contributed by atoms with Crippen LogP contribution in [0.25, 0.3) is 0 Å². The molecule has 2 aromatic rings. The van der Waals surface area contributed by atoms with E-state index in [1.165, 1.54) is 23.3 Å². The summed E-state index contributed by atoms with van der Waals surface area (Å²) in [7, 11) is 2.98. The van der Waals surface area contributed by atoms with Crippen LogP contribution in [0.3, 0.4) is 0 Å². The number of methoxy groups -OCH3 is 2. The van der Waals surface area contributed by atoms with E-state index >= 15 is 0 Å². The first-order valence-electron chi connectivity index (χ1n) is 8.28. The van der Waals surface area contributed by atoms with Crippen LogP contribution in [0, 0.1) is 0 Å². The molecule has 0 atom stereocenters. The Balaban J connectivity index is 1.78. The fraction of sp³-hybridized carbons (Fsp3) is 0.368. The van der Waals surface area contributed by atoms with E-state index in [1.807, 2.05) is 24.3 Å². The number of hydrogen-bond acceptors (Lipinski definition) is 5. The van der Waals surface area contributed by atoms with Gasteiger partial charge in [0.25, 0.3) is 0 Å². The van der Waals surface area contributed by atoms with E-state index in [0.29, 0.717) is 10.6 Å². The van der Waals surface area contributed by atoms with Crippen molar-refractivity contribution >= 4 is 28.2 Å². The number of anilines is 1. The molecule has 1 aliphatic rings. The molecule has 1 aromatic carbocycles. The monoisotopic (exact) mass is 359 g/mol. The number of amides is 1. The van der Waals surface area contributed by atoms with Crippen molar-refractivity contribution in [3.8, 4) is 5.75 Å². The molecule has 0 radical (unpaired) electrons. The van der Waals surface area contributed by atoms with Gasteiger partial charge in [-0.25, -0.2) is 4.79 Å². The first-order valence-corrected chi connectivity index (χ1v) is 9.09. The van der Waals surface area contributed by atoms with Gasteiger partial charge in [-0.15, -0.1) is 11.3 Å². The molecule has 1 N–H and O–H groups in total. The summed E-state index contributed by atoms with van der Waals surface area (Å²) in [5.74, 6) is 0.233. The van der Waals surface area contributed by atoms with E-state index in [1.54, 1.807) is 7.11 Å². The van der Waals surface area contributed by atoms with Crippen molar-refractivity contribution < 1.29 is 19.1 Å². The lowest BCUT2D eigenvalue weighted by atomic mass is 9.95. The van der Waals surface area contributed by atoms with Crippen molar-refractivity contribution in [2.45, 2.75) is 32.1 Å². The molecule has 1 amide bonds. The van der Waals surface area contributed by atoms with Crippen molar-refractivity contribution in [2.75, 3.05) is 19.5 Å². The maximum atomic E-state index is 12.4. The van der Waals surface area contributed by atoms with E-state index in [9.17, 15) is 9.59 Å². The molecular formula is C19H21NO4S. The number of fused-ring (bicyclic) bond motifs is 1. The summed E-state index contributed by atoms with van der Waals surface area (Å²) in [6.45, 7) is 0. The largest absolute Gasteiger partial charge is 0.497 e. The van der Waals surface area contributed by atoms with Crippen LogP contribution >= 0.6 is 11.3 Å². The van der Waals surface area contributed by atoms with Gasteiger partial charge in [-0.1, -0.05) is 12.1 Å². The summed E-state index contributed by atoms with van der Waals surface area (Å²) in [4.78, 5) is 25.8. The van der Waals surface area contributed by atoms with Crippen LogP contribution in [-0.4, -0.2) is 26.1 Å². The average Bonchev–Trinajstić information content (AvgIpc) is 2.99. The molecule has 0 fully saturated rings. The number of carbonyl (C=O) groups excluding carboxylic acids is 2. The predicted molar refractivity (Wildman–Crippen MR) is 97.6 cm³/mol. The molecule has 0 aliphatic heterocycles. The summed E-state index contributed by atoms with van der Waals surface area (Å²) in [5.41, 5.74) is 2.47. The number of nitrogens with one attached hydrogen (secondary N) is 1. The third-order valence-electron chi connectivity index (χ3n) is 4.34. The molecule has 5 nitrogen and oxygen atoms in total. The molecule has 3 rings (SSSR count). The summed E-state index contributed by atoms with van der Waals surface area (Å²) in [5, 5.41) is 3.52. The molecule has 0 unspecified atom stereocenters. The Morgan fingerprint density at radius 3 is 2.52 bits per heavy atom. The van der Waals surface area contributed by atoms with Gasteiger partial charge in [0.1, 0.15) is 10.8 Å². The number of thiophene rings is 1. The molecule has 0 bridgehead atoms. The Kier molecular flexibility index (Phi) is 5.38. The number of rotatable bonds is 5. The molecule has 0 saturated carbocycles. The average molecular weight is 359 g/mol. The van der Waals surface area contributed by atoms with E-state index in [4.69, 9.17) is 9.47 Å². The van der Waals surface area contributed by atoms with Crippen LogP contribution < -0.4 is 10.1 Å². The second-order valence-electron chi connectivity index (χ2n) is 5.98. The lowest BCUT2D eigenvalue weighted by molar-refractivity contribution is -0.115. The van der Waals surface area contributed by atoms with Gasteiger partial charge in [-0.2, -0.15) is 0 Å². The smallest absolute Gasteiger partial charge is 0.341 e. The zero-order valence-electron chi connectivity index (χ0n) is 14.4. The van der Waals surface area contributed by atoms with Gasteiger partial charge in [0, 0.05) is 4.88 Å². The fourth-order valence-electron chi connectivity index (χ4n) is 3.07. The highest BCUT2D eigenvalue weighted by Gasteiger charge is 2.26. The van der Waals surface area contributed by atoms with Crippen LogP contribution in [0.4, 0.5) is 5.00 Å². The van der Waals surface area contributed by atoms with E-state index in [0.717, 1.165) is 42.6 Å². The SMILES string of the molecule is COC(=O)c1c(NC(=O)Cc2ccc(OC)cc2)sc2c1CCCC2. The van der Waals surface area contributed by atoms with E-state index in [2.05, 4.69) is 5.32 Å². The molecule has 132 valence electrons. The van der Waals surface area contributed by atoms with Gasteiger partial charge < -0.3 is 14.8 Å². The van der Waals surface area contributed by atoms with Crippen molar-refractivity contribution in [2.24, 2.45) is 0 Å². The molecule has 25 heavy (non-hydrogen) atoms. The van der Waals surface area contributed by atoms with Crippen LogP contribution in [0.2, 0.25) is 0 Å². The van der Waals surface area contributed by atoms with Gasteiger partial charge >= 0.3 is 5.97 Å². The van der Waals surface area contributed by atoms with Gasteiger partial charge in [-0.05, 0) is 48.9 Å². The summed E-state index contributed by atoms with van der Waals surface area (Å²) >= 11 is 1.50. The van der Waals surface area contributed by atoms with E-state index in [-0.39, 0.29) is 18.3 Å². The Morgan fingerprint density at radius 1 is 1.12 bits per heavy atom. The topological polar surface area (TPSA) is 64.6 Å². The predicted octanol–water partition coefficient (Wildman–Crippen LogP) is 3.60. The van der Waals surface area contributed by atoms with Crippen molar-refractivity contribution in [3.05, 3.63) is 45.8 Å². The zero-order chi connectivity index (χ0) is 17.8. The molecular weight excluding hydrogens is 338 g/mol. The van der Waals surface area contributed by atoms with Crippen LogP contribution in [0.15, 0.2) is 24.3 Å². The van der Waals surface area contributed by atoms with Gasteiger partial charge in [0.05, 0.1) is 26.2 Å². The van der Waals surface area contributed by atoms with Crippen molar-refractivity contribution in [3.63, 3.8) is 0 Å². The zero-order valence-corrected chi connectivity index (χ0v) is 15.2. The van der Waals surface area contributed by atoms with Crippen molar-refractivity contribution in [1.82, 2.24) is 0 Å². The molecule has 1 aliphatic carbocycles. The highest BCUT2D eigenvalue weighted by atomic mass is 32.1. The van der Waals surface area contributed by atoms with Gasteiger partial charge in [0.15, 0.2) is 0 Å². The summed E-state index contributed by atoms with van der Waals surface area (Å²) < 4.78 is 10.0. The number of benzene rings is 1. The lowest BCUT2D eigenvalue weighted by Crippen LogP contribution is -2.16. The minimum absolute atomic E-state index is 0.145. The van der Waals surface area contributed by atoms with Crippen molar-refractivity contribution in [1.29, 1.82) is 0 Å². The molecule has 6 heteroatoms. The van der Waals surface area contributed by atoms with E-state index < -0.39 is 0 Å². The first-order chi connectivity index (χ1) is 12.1. The standard InChI is InChI=1S/C19H21NO4S/c1-23-13-9-7-12(8-10-13)11-16(21)20-18-17(19(22)24-2)14-5-3-4-6-15(14)25-18/h7-10H,3-6,11H2,1-2H3,(H,20,21). The minimum Gasteiger partial charge on any atom is -0.497 e. The number of carbonyl (C=O) groups is 2.